The van der Waals surface area contributed by atoms with Crippen LogP contribution in [0.15, 0.2) is 35.2 Å². The summed E-state index contributed by atoms with van der Waals surface area (Å²) in [4.78, 5) is 12.7. The summed E-state index contributed by atoms with van der Waals surface area (Å²) in [6, 6.07) is 7.57. The Morgan fingerprint density at radius 3 is 2.20 bits per heavy atom. The summed E-state index contributed by atoms with van der Waals surface area (Å²) >= 11 is 6.07. The van der Waals surface area contributed by atoms with Crippen LogP contribution in [0.3, 0.4) is 0 Å². The average Bonchev–Trinajstić information content (AvgIpc) is 2.72. The molecule has 0 unspecified atom stereocenters. The number of halogens is 1. The number of aryl methyl sites for hydroxylation is 1. The molecule has 0 bridgehead atoms. The standard InChI is InChI=1S/C20H25ClN2O6S/c1-6-23(30(25,26)14-7-8-17(27-3)13(2)9-14)12-20(24)22-16-11-18(28-4)15(21)10-19(16)29-5/h7-11H,6,12H2,1-5H3,(H,22,24). The maximum absolute atomic E-state index is 13.0. The topological polar surface area (TPSA) is 94.2 Å². The Balaban J connectivity index is 2.25. The van der Waals surface area contributed by atoms with E-state index in [1.54, 1.807) is 19.9 Å². The molecule has 0 aliphatic carbocycles. The van der Waals surface area contributed by atoms with E-state index < -0.39 is 15.9 Å². The number of carbonyl (C=O) groups is 1. The van der Waals surface area contributed by atoms with Crippen LogP contribution in [-0.2, 0) is 14.8 Å². The highest BCUT2D eigenvalue weighted by atomic mass is 35.5. The molecule has 0 atom stereocenters. The van der Waals surface area contributed by atoms with Crippen molar-refractivity contribution in [2.24, 2.45) is 0 Å². The first-order valence-corrected chi connectivity index (χ1v) is 10.9. The number of nitrogens with zero attached hydrogens (tertiary/aromatic N) is 1. The SMILES string of the molecule is CCN(CC(=O)Nc1cc(OC)c(Cl)cc1OC)S(=O)(=O)c1ccc(OC)c(C)c1. The molecule has 164 valence electrons. The zero-order valence-corrected chi connectivity index (χ0v) is 19.1. The monoisotopic (exact) mass is 456 g/mol. The molecule has 0 aliphatic heterocycles. The molecule has 2 rings (SSSR count). The summed E-state index contributed by atoms with van der Waals surface area (Å²) < 4.78 is 42.7. The van der Waals surface area contributed by atoms with Crippen molar-refractivity contribution in [3.05, 3.63) is 40.9 Å². The highest BCUT2D eigenvalue weighted by Gasteiger charge is 2.26. The third kappa shape index (κ3) is 5.16. The van der Waals surface area contributed by atoms with Gasteiger partial charge in [-0.25, -0.2) is 8.42 Å². The van der Waals surface area contributed by atoms with Crippen LogP contribution < -0.4 is 19.5 Å². The zero-order chi connectivity index (χ0) is 22.5. The molecular weight excluding hydrogens is 432 g/mol. The molecule has 2 aromatic carbocycles. The van der Waals surface area contributed by atoms with E-state index in [0.29, 0.717) is 33.5 Å². The van der Waals surface area contributed by atoms with Gasteiger partial charge in [-0.05, 0) is 30.7 Å². The fourth-order valence-corrected chi connectivity index (χ4v) is 4.56. The maximum Gasteiger partial charge on any atom is 0.243 e. The molecule has 10 heteroatoms. The number of hydrogen-bond donors (Lipinski definition) is 1. The largest absolute Gasteiger partial charge is 0.496 e. The predicted molar refractivity (Wildman–Crippen MR) is 115 cm³/mol. The molecule has 2 aromatic rings. The van der Waals surface area contributed by atoms with Gasteiger partial charge in [0.1, 0.15) is 17.2 Å². The Morgan fingerprint density at radius 2 is 1.67 bits per heavy atom. The van der Waals surface area contributed by atoms with Gasteiger partial charge in [-0.1, -0.05) is 18.5 Å². The van der Waals surface area contributed by atoms with Crippen molar-refractivity contribution in [2.45, 2.75) is 18.7 Å². The van der Waals surface area contributed by atoms with Gasteiger partial charge in [-0.2, -0.15) is 4.31 Å². The van der Waals surface area contributed by atoms with Crippen LogP contribution in [0.2, 0.25) is 5.02 Å². The molecule has 30 heavy (non-hydrogen) atoms. The first kappa shape index (κ1) is 23.8. The molecule has 0 spiro atoms. The van der Waals surface area contributed by atoms with Crippen molar-refractivity contribution in [3.63, 3.8) is 0 Å². The van der Waals surface area contributed by atoms with E-state index in [-0.39, 0.29) is 18.0 Å². The normalized spacial score (nSPS) is 11.3. The van der Waals surface area contributed by atoms with Crippen LogP contribution in [0.1, 0.15) is 12.5 Å². The van der Waals surface area contributed by atoms with Crippen molar-refractivity contribution < 1.29 is 27.4 Å². The molecule has 0 aliphatic rings. The Labute approximate surface area is 181 Å². The van der Waals surface area contributed by atoms with E-state index in [4.69, 9.17) is 25.8 Å². The number of anilines is 1. The summed E-state index contributed by atoms with van der Waals surface area (Å²) in [7, 11) is 0.511. The molecule has 0 saturated heterocycles. The van der Waals surface area contributed by atoms with Gasteiger partial charge in [0.2, 0.25) is 15.9 Å². The van der Waals surface area contributed by atoms with Crippen LogP contribution in [0.4, 0.5) is 5.69 Å². The number of likely N-dealkylation sites (N-methyl/N-ethyl adjacent to an activating group) is 1. The van der Waals surface area contributed by atoms with E-state index in [2.05, 4.69) is 5.32 Å². The fourth-order valence-electron chi connectivity index (χ4n) is 2.84. The van der Waals surface area contributed by atoms with Crippen molar-refractivity contribution in [3.8, 4) is 17.2 Å². The first-order valence-electron chi connectivity index (χ1n) is 9.04. The third-order valence-corrected chi connectivity index (χ3v) is 6.64. The van der Waals surface area contributed by atoms with Crippen LogP contribution in [0.5, 0.6) is 17.2 Å². The Bertz CT molecular complexity index is 1030. The summed E-state index contributed by atoms with van der Waals surface area (Å²) in [6.45, 7) is 3.15. The summed E-state index contributed by atoms with van der Waals surface area (Å²) in [5.74, 6) is 0.721. The number of benzene rings is 2. The third-order valence-electron chi connectivity index (χ3n) is 4.42. The maximum atomic E-state index is 13.0. The number of rotatable bonds is 9. The number of ether oxygens (including phenoxy) is 3. The summed E-state index contributed by atoms with van der Waals surface area (Å²) in [5.41, 5.74) is 0.995. The van der Waals surface area contributed by atoms with Gasteiger partial charge in [0.15, 0.2) is 0 Å². The number of amides is 1. The number of carbonyl (C=O) groups excluding carboxylic acids is 1. The highest BCUT2D eigenvalue weighted by molar-refractivity contribution is 7.89. The minimum absolute atomic E-state index is 0.0844. The van der Waals surface area contributed by atoms with Gasteiger partial charge in [0.05, 0.1) is 43.5 Å². The number of methoxy groups -OCH3 is 3. The van der Waals surface area contributed by atoms with Crippen LogP contribution >= 0.6 is 11.6 Å². The smallest absolute Gasteiger partial charge is 0.243 e. The van der Waals surface area contributed by atoms with Gasteiger partial charge >= 0.3 is 0 Å². The van der Waals surface area contributed by atoms with E-state index in [9.17, 15) is 13.2 Å². The summed E-state index contributed by atoms with van der Waals surface area (Å²) in [5, 5.41) is 2.97. The second-order valence-electron chi connectivity index (χ2n) is 6.30. The van der Waals surface area contributed by atoms with Gasteiger partial charge in [0, 0.05) is 18.7 Å². The number of hydrogen-bond acceptors (Lipinski definition) is 6. The Morgan fingerprint density at radius 1 is 1.03 bits per heavy atom. The minimum Gasteiger partial charge on any atom is -0.496 e. The lowest BCUT2D eigenvalue weighted by molar-refractivity contribution is -0.116. The predicted octanol–water partition coefficient (Wildman–Crippen LogP) is 3.32. The van der Waals surface area contributed by atoms with Crippen LogP contribution in [-0.4, -0.2) is 53.0 Å². The van der Waals surface area contributed by atoms with Crippen LogP contribution in [0, 0.1) is 6.92 Å². The summed E-state index contributed by atoms with van der Waals surface area (Å²) in [6.07, 6.45) is 0. The molecule has 1 amide bonds. The molecule has 0 fully saturated rings. The lowest BCUT2D eigenvalue weighted by atomic mass is 10.2. The van der Waals surface area contributed by atoms with E-state index in [1.807, 2.05) is 0 Å². The van der Waals surface area contributed by atoms with E-state index in [1.165, 1.54) is 45.6 Å². The highest BCUT2D eigenvalue weighted by Crippen LogP contribution is 2.36. The average molecular weight is 457 g/mol. The van der Waals surface area contributed by atoms with Gasteiger partial charge in [-0.15, -0.1) is 0 Å². The van der Waals surface area contributed by atoms with Gasteiger partial charge < -0.3 is 19.5 Å². The lowest BCUT2D eigenvalue weighted by Gasteiger charge is -2.21. The van der Waals surface area contributed by atoms with Crippen LogP contribution in [0.25, 0.3) is 0 Å². The molecule has 0 radical (unpaired) electrons. The molecule has 1 N–H and O–H groups in total. The zero-order valence-electron chi connectivity index (χ0n) is 17.5. The number of nitrogens with one attached hydrogen (secondary N) is 1. The van der Waals surface area contributed by atoms with Crippen molar-refractivity contribution >= 4 is 33.2 Å². The molecule has 8 nitrogen and oxygen atoms in total. The van der Waals surface area contributed by atoms with Crippen molar-refractivity contribution in [1.82, 2.24) is 4.31 Å². The molecule has 0 aromatic heterocycles. The Kier molecular flexibility index (Phi) is 7.94. The second kappa shape index (κ2) is 10.0. The Hall–Kier alpha value is -2.49. The number of sulfonamides is 1. The molecule has 0 saturated carbocycles. The van der Waals surface area contributed by atoms with E-state index in [0.717, 1.165) is 4.31 Å². The lowest BCUT2D eigenvalue weighted by Crippen LogP contribution is -2.37. The van der Waals surface area contributed by atoms with Crippen molar-refractivity contribution in [2.75, 3.05) is 39.7 Å². The van der Waals surface area contributed by atoms with Gasteiger partial charge in [0.25, 0.3) is 0 Å². The molecular formula is C20H25ClN2O6S. The minimum atomic E-state index is -3.88. The second-order valence-corrected chi connectivity index (χ2v) is 8.64. The molecule has 0 heterocycles. The fraction of sp³-hybridized carbons (Fsp3) is 0.350. The first-order chi connectivity index (χ1) is 14.2. The van der Waals surface area contributed by atoms with Crippen molar-refractivity contribution in [1.29, 1.82) is 0 Å². The van der Waals surface area contributed by atoms with Gasteiger partial charge in [-0.3, -0.25) is 4.79 Å². The quantitative estimate of drug-likeness (QED) is 0.622. The van der Waals surface area contributed by atoms with E-state index >= 15 is 0 Å².